The van der Waals surface area contributed by atoms with Crippen LogP contribution in [0.25, 0.3) is 0 Å². The molecule has 0 saturated carbocycles. The van der Waals surface area contributed by atoms with Gasteiger partial charge in [-0.2, -0.15) is 0 Å². The number of phenolic OH excluding ortho intramolecular Hbond substituents is 1. The first-order chi connectivity index (χ1) is 9.38. The molecule has 1 heterocycles. The highest BCUT2D eigenvalue weighted by Crippen LogP contribution is 2.37. The molecule has 8 heteroatoms. The predicted octanol–water partition coefficient (Wildman–Crippen LogP) is 4.84. The second kappa shape index (κ2) is 5.87. The van der Waals surface area contributed by atoms with Crippen LogP contribution in [0.5, 0.6) is 5.75 Å². The van der Waals surface area contributed by atoms with Crippen molar-refractivity contribution < 1.29 is 10.0 Å². The van der Waals surface area contributed by atoms with Gasteiger partial charge in [-0.15, -0.1) is 11.3 Å². The third-order valence-electron chi connectivity index (χ3n) is 2.70. The summed E-state index contributed by atoms with van der Waals surface area (Å²) in [6, 6.07) is 5.39. The molecular weight excluding hydrogens is 323 g/mol. The van der Waals surface area contributed by atoms with Gasteiger partial charge in [0, 0.05) is 5.56 Å². The molecule has 2 aromatic rings. The highest BCUT2D eigenvalue weighted by Gasteiger charge is 2.19. The Morgan fingerprint density at radius 1 is 1.40 bits per heavy atom. The van der Waals surface area contributed by atoms with E-state index in [-0.39, 0.29) is 17.5 Å². The van der Waals surface area contributed by atoms with Gasteiger partial charge >= 0.3 is 0 Å². The van der Waals surface area contributed by atoms with E-state index in [0.29, 0.717) is 14.4 Å². The van der Waals surface area contributed by atoms with E-state index in [0.717, 1.165) is 11.6 Å². The summed E-state index contributed by atoms with van der Waals surface area (Å²) in [5, 5.41) is 23.3. The summed E-state index contributed by atoms with van der Waals surface area (Å²) in [5.74, 6) is -0.161. The zero-order valence-electron chi connectivity index (χ0n) is 10.3. The third-order valence-corrected chi connectivity index (χ3v) is 4.22. The number of halogens is 2. The molecule has 0 amide bonds. The summed E-state index contributed by atoms with van der Waals surface area (Å²) in [7, 11) is 0. The number of nitrogens with one attached hydrogen (secondary N) is 1. The third kappa shape index (κ3) is 3.15. The molecule has 5 nitrogen and oxygen atoms in total. The van der Waals surface area contributed by atoms with Gasteiger partial charge in [-0.25, -0.2) is 0 Å². The van der Waals surface area contributed by atoms with Crippen LogP contribution in [0.3, 0.4) is 0 Å². The standard InChI is InChI=1S/C12H10Cl2N2O3S/c1-6(8-5-11(13)20-12(8)14)15-9-3-2-7(17)4-10(9)16(18)19/h2-6,15,17H,1H3. The lowest BCUT2D eigenvalue weighted by molar-refractivity contribution is -0.384. The van der Waals surface area contributed by atoms with Gasteiger partial charge in [0.1, 0.15) is 11.4 Å². The summed E-state index contributed by atoms with van der Waals surface area (Å²) in [6.45, 7) is 1.82. The van der Waals surface area contributed by atoms with Gasteiger partial charge < -0.3 is 10.4 Å². The minimum Gasteiger partial charge on any atom is -0.508 e. The van der Waals surface area contributed by atoms with Crippen molar-refractivity contribution in [1.29, 1.82) is 0 Å². The average Bonchev–Trinajstić information content (AvgIpc) is 2.70. The highest BCUT2D eigenvalue weighted by atomic mass is 35.5. The molecule has 106 valence electrons. The Balaban J connectivity index is 2.30. The SMILES string of the molecule is CC(Nc1ccc(O)cc1[N+](=O)[O-])c1cc(Cl)sc1Cl. The van der Waals surface area contributed by atoms with E-state index in [2.05, 4.69) is 5.32 Å². The van der Waals surface area contributed by atoms with Crippen LogP contribution in [0, 0.1) is 10.1 Å². The van der Waals surface area contributed by atoms with Crippen molar-refractivity contribution >= 4 is 45.9 Å². The number of nitro groups is 1. The molecule has 0 spiro atoms. The van der Waals surface area contributed by atoms with Gasteiger partial charge in [0.15, 0.2) is 0 Å². The van der Waals surface area contributed by atoms with Crippen LogP contribution in [0.1, 0.15) is 18.5 Å². The number of phenols is 1. The lowest BCUT2D eigenvalue weighted by Gasteiger charge is -2.14. The van der Waals surface area contributed by atoms with Crippen molar-refractivity contribution in [1.82, 2.24) is 0 Å². The Hall–Kier alpha value is -1.50. The fourth-order valence-corrected chi connectivity index (χ4v) is 3.40. The van der Waals surface area contributed by atoms with E-state index in [4.69, 9.17) is 23.2 Å². The number of hydrogen-bond acceptors (Lipinski definition) is 5. The summed E-state index contributed by atoms with van der Waals surface area (Å²) < 4.78 is 1.09. The summed E-state index contributed by atoms with van der Waals surface area (Å²) in [4.78, 5) is 10.4. The maximum absolute atomic E-state index is 11.0. The number of benzene rings is 1. The molecule has 1 aromatic carbocycles. The minimum atomic E-state index is -0.559. The molecule has 0 saturated heterocycles. The van der Waals surface area contributed by atoms with E-state index in [1.165, 1.54) is 23.5 Å². The van der Waals surface area contributed by atoms with E-state index in [9.17, 15) is 15.2 Å². The summed E-state index contributed by atoms with van der Waals surface area (Å²) >= 11 is 13.2. The zero-order valence-corrected chi connectivity index (χ0v) is 12.6. The van der Waals surface area contributed by atoms with Gasteiger partial charge in [0.25, 0.3) is 5.69 Å². The van der Waals surface area contributed by atoms with Crippen molar-refractivity contribution in [2.24, 2.45) is 0 Å². The van der Waals surface area contributed by atoms with E-state index in [1.807, 2.05) is 6.92 Å². The number of hydrogen-bond donors (Lipinski definition) is 2. The first-order valence-electron chi connectivity index (χ1n) is 5.57. The second-order valence-corrected chi connectivity index (χ2v) is 6.39. The van der Waals surface area contributed by atoms with Crippen molar-refractivity contribution in [2.45, 2.75) is 13.0 Å². The quantitative estimate of drug-likeness (QED) is 0.477. The van der Waals surface area contributed by atoms with Crippen LogP contribution in [-0.2, 0) is 0 Å². The van der Waals surface area contributed by atoms with Crippen LogP contribution in [0.4, 0.5) is 11.4 Å². The average molecular weight is 333 g/mol. The van der Waals surface area contributed by atoms with E-state index >= 15 is 0 Å². The van der Waals surface area contributed by atoms with Crippen molar-refractivity contribution in [2.75, 3.05) is 5.32 Å². The molecule has 1 atom stereocenters. The molecule has 0 aliphatic carbocycles. The van der Waals surface area contributed by atoms with E-state index < -0.39 is 4.92 Å². The predicted molar refractivity (Wildman–Crippen MR) is 81.1 cm³/mol. The first kappa shape index (κ1) is 14.9. The van der Waals surface area contributed by atoms with Gasteiger partial charge in [0.05, 0.1) is 25.7 Å². The molecular formula is C12H10Cl2N2O3S. The molecule has 0 fully saturated rings. The van der Waals surface area contributed by atoms with E-state index in [1.54, 1.807) is 6.07 Å². The van der Waals surface area contributed by atoms with Crippen LogP contribution in [0.2, 0.25) is 8.67 Å². The number of nitrogens with zero attached hydrogens (tertiary/aromatic N) is 1. The van der Waals surface area contributed by atoms with Gasteiger partial charge in [-0.3, -0.25) is 10.1 Å². The molecule has 20 heavy (non-hydrogen) atoms. The first-order valence-corrected chi connectivity index (χ1v) is 7.14. The van der Waals surface area contributed by atoms with Crippen LogP contribution in [-0.4, -0.2) is 10.0 Å². The summed E-state index contributed by atoms with van der Waals surface area (Å²) in [6.07, 6.45) is 0. The minimum absolute atomic E-state index is 0.161. The van der Waals surface area contributed by atoms with Crippen LogP contribution < -0.4 is 5.32 Å². The summed E-state index contributed by atoms with van der Waals surface area (Å²) in [5.41, 5.74) is 0.872. The number of anilines is 1. The number of rotatable bonds is 4. The fraction of sp³-hybridized carbons (Fsp3) is 0.167. The topological polar surface area (TPSA) is 75.4 Å². The van der Waals surface area contributed by atoms with Crippen LogP contribution >= 0.6 is 34.5 Å². The van der Waals surface area contributed by atoms with Gasteiger partial charge in [-0.1, -0.05) is 23.2 Å². The monoisotopic (exact) mass is 332 g/mol. The maximum Gasteiger partial charge on any atom is 0.296 e. The Labute approximate surface area is 128 Å². The van der Waals surface area contributed by atoms with Crippen molar-refractivity contribution in [3.8, 4) is 5.75 Å². The molecule has 2 N–H and O–H groups in total. The second-order valence-electron chi connectivity index (χ2n) is 4.10. The molecule has 1 unspecified atom stereocenters. The van der Waals surface area contributed by atoms with Gasteiger partial charge in [-0.05, 0) is 25.1 Å². The highest BCUT2D eigenvalue weighted by molar-refractivity contribution is 7.20. The zero-order chi connectivity index (χ0) is 14.9. The molecule has 0 radical (unpaired) electrons. The van der Waals surface area contributed by atoms with Crippen LogP contribution in [0.15, 0.2) is 24.3 Å². The Morgan fingerprint density at radius 3 is 2.65 bits per heavy atom. The number of aromatic hydroxyl groups is 1. The maximum atomic E-state index is 11.0. The largest absolute Gasteiger partial charge is 0.508 e. The van der Waals surface area contributed by atoms with Crippen molar-refractivity contribution in [3.05, 3.63) is 48.6 Å². The molecule has 1 aromatic heterocycles. The molecule has 2 rings (SSSR count). The molecule has 0 bridgehead atoms. The Bertz CT molecular complexity index is 660. The lowest BCUT2D eigenvalue weighted by Crippen LogP contribution is -2.07. The number of thiophene rings is 1. The molecule has 0 aliphatic heterocycles. The normalized spacial score (nSPS) is 12.2. The van der Waals surface area contributed by atoms with Gasteiger partial charge in [0.2, 0.25) is 0 Å². The smallest absolute Gasteiger partial charge is 0.296 e. The Morgan fingerprint density at radius 2 is 2.10 bits per heavy atom. The Kier molecular flexibility index (Phi) is 4.37. The van der Waals surface area contributed by atoms with Crippen molar-refractivity contribution in [3.63, 3.8) is 0 Å². The fourth-order valence-electron chi connectivity index (χ4n) is 1.75. The number of nitro benzene ring substituents is 1. The molecule has 0 aliphatic rings. The lowest BCUT2D eigenvalue weighted by atomic mass is 10.1.